The highest BCUT2D eigenvalue weighted by molar-refractivity contribution is 9.10. The number of hydrogen-bond acceptors (Lipinski definition) is 5. The van der Waals surface area contributed by atoms with Crippen LogP contribution < -0.4 is 10.5 Å². The van der Waals surface area contributed by atoms with Crippen molar-refractivity contribution >= 4 is 33.1 Å². The summed E-state index contributed by atoms with van der Waals surface area (Å²) in [5.74, 6) is 0.752. The van der Waals surface area contributed by atoms with Crippen LogP contribution in [0.3, 0.4) is 0 Å². The molecule has 1 aromatic heterocycles. The van der Waals surface area contributed by atoms with E-state index < -0.39 is 0 Å². The van der Waals surface area contributed by atoms with Crippen LogP contribution >= 0.6 is 15.9 Å². The molecular weight excluding hydrogens is 296 g/mol. The van der Waals surface area contributed by atoms with E-state index in [1.165, 1.54) is 6.33 Å². The summed E-state index contributed by atoms with van der Waals surface area (Å²) < 4.78 is 6.51. The van der Waals surface area contributed by atoms with Crippen molar-refractivity contribution < 1.29 is 4.74 Å². The lowest BCUT2D eigenvalue weighted by atomic mass is 10.1. The SMILES string of the molecule is Nc1ncnc2c1N=C(c1ccccc1Br)CO2. The van der Waals surface area contributed by atoms with E-state index in [1.54, 1.807) is 0 Å². The third-order valence-electron chi connectivity index (χ3n) is 2.59. The molecule has 0 amide bonds. The van der Waals surface area contributed by atoms with Gasteiger partial charge in [0.25, 0.3) is 0 Å². The van der Waals surface area contributed by atoms with Crippen LogP contribution in [0.4, 0.5) is 11.5 Å². The third kappa shape index (κ3) is 1.84. The first-order valence-electron chi connectivity index (χ1n) is 5.31. The summed E-state index contributed by atoms with van der Waals surface area (Å²) in [6, 6.07) is 7.82. The Hall–Kier alpha value is -1.95. The number of anilines is 1. The number of benzene rings is 1. The second kappa shape index (κ2) is 4.38. The van der Waals surface area contributed by atoms with Crippen molar-refractivity contribution in [2.24, 2.45) is 4.99 Å². The van der Waals surface area contributed by atoms with Gasteiger partial charge in [-0.05, 0) is 6.07 Å². The zero-order valence-electron chi connectivity index (χ0n) is 9.30. The number of ether oxygens (including phenoxy) is 1. The molecular formula is C12H9BrN4O. The molecule has 3 rings (SSSR count). The number of rotatable bonds is 1. The molecule has 0 saturated heterocycles. The Balaban J connectivity index is 2.12. The van der Waals surface area contributed by atoms with E-state index in [0.29, 0.717) is 24.0 Å². The van der Waals surface area contributed by atoms with E-state index in [9.17, 15) is 0 Å². The molecule has 1 aromatic carbocycles. The monoisotopic (exact) mass is 304 g/mol. The second-order valence-corrected chi connectivity index (χ2v) is 4.59. The van der Waals surface area contributed by atoms with Gasteiger partial charge in [0.2, 0.25) is 5.88 Å². The summed E-state index contributed by atoms with van der Waals surface area (Å²) in [6.07, 6.45) is 1.37. The molecule has 0 spiro atoms. The summed E-state index contributed by atoms with van der Waals surface area (Å²) in [6.45, 7) is 0.367. The zero-order valence-corrected chi connectivity index (χ0v) is 10.9. The maximum atomic E-state index is 5.77. The quantitative estimate of drug-likeness (QED) is 0.877. The highest BCUT2D eigenvalue weighted by Crippen LogP contribution is 2.33. The number of nitrogens with two attached hydrogens (primary N) is 1. The Labute approximate surface area is 112 Å². The van der Waals surface area contributed by atoms with Crippen LogP contribution in [0.1, 0.15) is 5.56 Å². The standard InChI is InChI=1S/C12H9BrN4O/c13-8-4-2-1-3-7(8)9-5-18-12-10(17-9)11(14)15-6-16-12/h1-4,6H,5H2,(H2,14,15,16). The lowest BCUT2D eigenvalue weighted by Gasteiger charge is -2.17. The Bertz CT molecular complexity index is 642. The van der Waals surface area contributed by atoms with Gasteiger partial charge in [-0.25, -0.2) is 9.98 Å². The molecule has 0 fully saturated rings. The van der Waals surface area contributed by atoms with E-state index in [-0.39, 0.29) is 0 Å². The van der Waals surface area contributed by atoms with Gasteiger partial charge in [-0.15, -0.1) is 0 Å². The van der Waals surface area contributed by atoms with Gasteiger partial charge in [-0.1, -0.05) is 34.1 Å². The average molecular weight is 305 g/mol. The van der Waals surface area contributed by atoms with Crippen LogP contribution in [0.25, 0.3) is 0 Å². The Kier molecular flexibility index (Phi) is 2.71. The van der Waals surface area contributed by atoms with E-state index >= 15 is 0 Å². The van der Waals surface area contributed by atoms with Crippen molar-refractivity contribution in [2.75, 3.05) is 12.3 Å². The first-order valence-corrected chi connectivity index (χ1v) is 6.11. The van der Waals surface area contributed by atoms with Gasteiger partial charge in [-0.3, -0.25) is 0 Å². The van der Waals surface area contributed by atoms with Crippen LogP contribution in [-0.4, -0.2) is 22.3 Å². The lowest BCUT2D eigenvalue weighted by molar-refractivity contribution is 0.357. The maximum absolute atomic E-state index is 5.77. The number of halogens is 1. The Morgan fingerprint density at radius 2 is 2.06 bits per heavy atom. The fraction of sp³-hybridized carbons (Fsp3) is 0.0833. The van der Waals surface area contributed by atoms with Crippen LogP contribution in [-0.2, 0) is 0 Å². The molecule has 0 radical (unpaired) electrons. The molecule has 0 unspecified atom stereocenters. The van der Waals surface area contributed by atoms with Gasteiger partial charge in [0.1, 0.15) is 12.9 Å². The lowest BCUT2D eigenvalue weighted by Crippen LogP contribution is -2.18. The highest BCUT2D eigenvalue weighted by Gasteiger charge is 2.19. The molecule has 1 aliphatic rings. The molecule has 2 N–H and O–H groups in total. The average Bonchev–Trinajstić information content (AvgIpc) is 2.40. The largest absolute Gasteiger partial charge is 0.469 e. The summed E-state index contributed by atoms with van der Waals surface area (Å²) in [7, 11) is 0. The van der Waals surface area contributed by atoms with Crippen LogP contribution in [0.2, 0.25) is 0 Å². The van der Waals surface area contributed by atoms with Gasteiger partial charge in [0.15, 0.2) is 11.5 Å². The number of fused-ring (bicyclic) bond motifs is 1. The van der Waals surface area contributed by atoms with Crippen LogP contribution in [0.15, 0.2) is 40.1 Å². The van der Waals surface area contributed by atoms with E-state index in [4.69, 9.17) is 10.5 Å². The molecule has 5 nitrogen and oxygen atoms in total. The predicted octanol–water partition coefficient (Wildman–Crippen LogP) is 2.33. The summed E-state index contributed by atoms with van der Waals surface area (Å²) in [4.78, 5) is 12.4. The maximum Gasteiger partial charge on any atom is 0.245 e. The first-order chi connectivity index (χ1) is 8.75. The van der Waals surface area contributed by atoms with Crippen molar-refractivity contribution in [3.05, 3.63) is 40.6 Å². The van der Waals surface area contributed by atoms with E-state index in [0.717, 1.165) is 15.7 Å². The summed E-state index contributed by atoms with van der Waals surface area (Å²) in [5, 5.41) is 0. The van der Waals surface area contributed by atoms with E-state index in [1.807, 2.05) is 24.3 Å². The highest BCUT2D eigenvalue weighted by atomic mass is 79.9. The zero-order chi connectivity index (χ0) is 12.5. The third-order valence-corrected chi connectivity index (χ3v) is 3.29. The van der Waals surface area contributed by atoms with Gasteiger partial charge in [0, 0.05) is 10.0 Å². The minimum Gasteiger partial charge on any atom is -0.469 e. The fourth-order valence-electron chi connectivity index (χ4n) is 1.72. The number of aromatic nitrogens is 2. The number of nitrogen functional groups attached to an aromatic ring is 1. The fourth-order valence-corrected chi connectivity index (χ4v) is 2.24. The minimum absolute atomic E-state index is 0.323. The molecule has 90 valence electrons. The molecule has 0 atom stereocenters. The molecule has 6 heteroatoms. The smallest absolute Gasteiger partial charge is 0.245 e. The molecule has 0 aliphatic carbocycles. The van der Waals surface area contributed by atoms with Crippen molar-refractivity contribution in [1.82, 2.24) is 9.97 Å². The normalized spacial score (nSPS) is 13.5. The number of aliphatic imine (C=N–C) groups is 1. The topological polar surface area (TPSA) is 73.4 Å². The van der Waals surface area contributed by atoms with Gasteiger partial charge < -0.3 is 10.5 Å². The summed E-state index contributed by atoms with van der Waals surface area (Å²) >= 11 is 3.49. The molecule has 1 aliphatic heterocycles. The molecule has 2 heterocycles. The van der Waals surface area contributed by atoms with Crippen molar-refractivity contribution in [3.63, 3.8) is 0 Å². The second-order valence-electron chi connectivity index (χ2n) is 3.74. The van der Waals surface area contributed by atoms with Crippen LogP contribution in [0.5, 0.6) is 5.88 Å². The van der Waals surface area contributed by atoms with E-state index in [2.05, 4.69) is 30.9 Å². The predicted molar refractivity (Wildman–Crippen MR) is 72.3 cm³/mol. The molecule has 0 bridgehead atoms. The van der Waals surface area contributed by atoms with Crippen molar-refractivity contribution in [1.29, 1.82) is 0 Å². The van der Waals surface area contributed by atoms with Gasteiger partial charge >= 0.3 is 0 Å². The van der Waals surface area contributed by atoms with Crippen molar-refractivity contribution in [3.8, 4) is 5.88 Å². The Morgan fingerprint density at radius 3 is 2.89 bits per heavy atom. The minimum atomic E-state index is 0.323. The van der Waals surface area contributed by atoms with Crippen LogP contribution in [0, 0.1) is 0 Å². The van der Waals surface area contributed by atoms with Gasteiger partial charge in [0.05, 0.1) is 5.71 Å². The molecule has 0 saturated carbocycles. The van der Waals surface area contributed by atoms with Crippen molar-refractivity contribution in [2.45, 2.75) is 0 Å². The first kappa shape index (κ1) is 11.2. The molecule has 18 heavy (non-hydrogen) atoms. The molecule has 2 aromatic rings. The van der Waals surface area contributed by atoms with Gasteiger partial charge in [-0.2, -0.15) is 4.98 Å². The Morgan fingerprint density at radius 1 is 1.22 bits per heavy atom. The number of hydrogen-bond donors (Lipinski definition) is 1. The number of nitrogens with zero attached hydrogens (tertiary/aromatic N) is 3. The summed E-state index contributed by atoms with van der Waals surface area (Å²) in [5.41, 5.74) is 8.05.